The van der Waals surface area contributed by atoms with E-state index in [1.54, 1.807) is 42.1 Å². The number of hydrogen-bond acceptors (Lipinski definition) is 5. The van der Waals surface area contributed by atoms with E-state index in [0.29, 0.717) is 47.1 Å². The quantitative estimate of drug-likeness (QED) is 0.560. The van der Waals surface area contributed by atoms with Crippen LogP contribution in [0.3, 0.4) is 0 Å². The van der Waals surface area contributed by atoms with Crippen LogP contribution in [0.15, 0.2) is 41.0 Å². The first-order chi connectivity index (χ1) is 15.7. The molecule has 0 aliphatic carbocycles. The molecule has 5 rings (SSSR count). The monoisotopic (exact) mass is 520 g/mol. The van der Waals surface area contributed by atoms with Gasteiger partial charge in [-0.1, -0.05) is 0 Å². The van der Waals surface area contributed by atoms with Gasteiger partial charge >= 0.3 is 0 Å². The van der Waals surface area contributed by atoms with Crippen LogP contribution in [0, 0.1) is 5.82 Å². The molecule has 0 spiro atoms. The molecule has 2 aliphatic rings. The lowest BCUT2D eigenvalue weighted by Gasteiger charge is -2.38. The second-order valence-corrected chi connectivity index (χ2v) is 9.10. The molecule has 1 N–H and O–H groups in total. The van der Waals surface area contributed by atoms with Crippen LogP contribution in [0.2, 0.25) is 0 Å². The predicted octanol–water partition coefficient (Wildman–Crippen LogP) is 4.11. The average molecular weight is 521 g/mol. The van der Waals surface area contributed by atoms with Gasteiger partial charge in [0.25, 0.3) is 11.8 Å². The maximum Gasteiger partial charge on any atom is 0.282 e. The highest BCUT2D eigenvalue weighted by atomic mass is 79.9. The fourth-order valence-electron chi connectivity index (χ4n) is 4.13. The molecule has 172 valence electrons. The van der Waals surface area contributed by atoms with E-state index in [-0.39, 0.29) is 11.7 Å². The fourth-order valence-corrected chi connectivity index (χ4v) is 4.38. The van der Waals surface area contributed by atoms with Gasteiger partial charge in [0.1, 0.15) is 17.3 Å². The highest BCUT2D eigenvalue weighted by Gasteiger charge is 2.47. The van der Waals surface area contributed by atoms with Crippen molar-refractivity contribution in [1.82, 2.24) is 19.4 Å². The van der Waals surface area contributed by atoms with Crippen molar-refractivity contribution in [3.63, 3.8) is 0 Å². The molecule has 4 heterocycles. The van der Waals surface area contributed by atoms with E-state index in [1.807, 2.05) is 4.90 Å². The minimum Gasteiger partial charge on any atom is -0.342 e. The number of fused-ring (bicyclic) bond motifs is 1. The fraction of sp³-hybridized carbons (Fsp3) is 0.318. The van der Waals surface area contributed by atoms with Gasteiger partial charge in [-0.3, -0.25) is 4.79 Å². The molecule has 0 radical (unpaired) electrons. The average Bonchev–Trinajstić information content (AvgIpc) is 3.10. The zero-order valence-electron chi connectivity index (χ0n) is 17.7. The molecule has 2 aromatic heterocycles. The third kappa shape index (κ3) is 4.17. The number of anilines is 3. The van der Waals surface area contributed by atoms with Crippen LogP contribution in [0.4, 0.5) is 30.6 Å². The maximum absolute atomic E-state index is 13.8. The van der Waals surface area contributed by atoms with Gasteiger partial charge in [-0.15, -0.1) is 0 Å². The number of nitrogens with one attached hydrogen (secondary N) is 1. The Morgan fingerprint density at radius 1 is 1.21 bits per heavy atom. The summed E-state index contributed by atoms with van der Waals surface area (Å²) in [6.45, 7) is 0.0435. The molecule has 7 nitrogen and oxygen atoms in total. The summed E-state index contributed by atoms with van der Waals surface area (Å²) < 4.78 is 42.3. The normalized spacial score (nSPS) is 16.9. The molecule has 0 saturated carbocycles. The molecule has 1 saturated heterocycles. The Kier molecular flexibility index (Phi) is 5.31. The molecule has 0 bridgehead atoms. The number of aromatic nitrogens is 3. The summed E-state index contributed by atoms with van der Waals surface area (Å²) >= 11 is 3.13. The maximum atomic E-state index is 13.8. The summed E-state index contributed by atoms with van der Waals surface area (Å²) in [5.74, 6) is -2.54. The molecule has 1 aromatic carbocycles. The lowest BCUT2D eigenvalue weighted by atomic mass is 10.1. The van der Waals surface area contributed by atoms with Gasteiger partial charge in [0.05, 0.1) is 24.1 Å². The van der Waals surface area contributed by atoms with Crippen molar-refractivity contribution < 1.29 is 18.0 Å². The Morgan fingerprint density at radius 2 is 2.00 bits per heavy atom. The number of rotatable bonds is 4. The number of likely N-dealkylation sites (tertiary alicyclic amines) is 1. The molecule has 0 unspecified atom stereocenters. The Bertz CT molecular complexity index is 1240. The van der Waals surface area contributed by atoms with E-state index in [0.717, 1.165) is 11.3 Å². The lowest BCUT2D eigenvalue weighted by Crippen LogP contribution is -2.58. The first-order valence-corrected chi connectivity index (χ1v) is 11.1. The highest BCUT2D eigenvalue weighted by molar-refractivity contribution is 9.10. The molecule has 3 aromatic rings. The number of halogens is 4. The van der Waals surface area contributed by atoms with Gasteiger partial charge in [-0.2, -0.15) is 4.98 Å². The van der Waals surface area contributed by atoms with E-state index < -0.39 is 19.0 Å². The van der Waals surface area contributed by atoms with Crippen LogP contribution in [-0.4, -0.2) is 50.9 Å². The van der Waals surface area contributed by atoms with Crippen molar-refractivity contribution in [2.45, 2.75) is 18.9 Å². The number of benzene rings is 1. The predicted molar refractivity (Wildman–Crippen MR) is 120 cm³/mol. The SMILES string of the molecule is Cn1c(C(=O)N2CC(F)(F)C2)cc2c1CN(c1nccc(Nc3ccc(Br)c(F)c3)n1)CC2. The van der Waals surface area contributed by atoms with Crippen LogP contribution >= 0.6 is 15.9 Å². The summed E-state index contributed by atoms with van der Waals surface area (Å²) in [4.78, 5) is 24.7. The van der Waals surface area contributed by atoms with Crippen LogP contribution in [0.25, 0.3) is 0 Å². The first kappa shape index (κ1) is 21.7. The molecular weight excluding hydrogens is 501 g/mol. The molecular formula is C22H20BrF3N6O. The summed E-state index contributed by atoms with van der Waals surface area (Å²) in [7, 11) is 1.77. The van der Waals surface area contributed by atoms with Crippen molar-refractivity contribution >= 4 is 39.3 Å². The van der Waals surface area contributed by atoms with Gasteiger partial charge in [0, 0.05) is 31.2 Å². The van der Waals surface area contributed by atoms with Crippen LogP contribution in [0.5, 0.6) is 0 Å². The van der Waals surface area contributed by atoms with Gasteiger partial charge in [-0.05, 0) is 58.2 Å². The zero-order chi connectivity index (χ0) is 23.3. The minimum atomic E-state index is -2.80. The second kappa shape index (κ2) is 8.05. The van der Waals surface area contributed by atoms with Gasteiger partial charge in [0.2, 0.25) is 5.95 Å². The zero-order valence-corrected chi connectivity index (χ0v) is 19.2. The van der Waals surface area contributed by atoms with Crippen LogP contribution in [-0.2, 0) is 20.0 Å². The largest absolute Gasteiger partial charge is 0.342 e. The minimum absolute atomic E-state index is 0.379. The van der Waals surface area contributed by atoms with Gasteiger partial charge in [-0.25, -0.2) is 18.2 Å². The lowest BCUT2D eigenvalue weighted by molar-refractivity contribution is -0.113. The first-order valence-electron chi connectivity index (χ1n) is 10.3. The summed E-state index contributed by atoms with van der Waals surface area (Å²) in [5.41, 5.74) is 2.91. The summed E-state index contributed by atoms with van der Waals surface area (Å²) in [5, 5.41) is 3.08. The van der Waals surface area contributed by atoms with E-state index in [4.69, 9.17) is 0 Å². The van der Waals surface area contributed by atoms with Crippen molar-refractivity contribution in [2.75, 3.05) is 29.9 Å². The number of hydrogen-bond donors (Lipinski definition) is 1. The Morgan fingerprint density at radius 3 is 2.73 bits per heavy atom. The number of nitrogens with zero attached hydrogens (tertiary/aromatic N) is 5. The van der Waals surface area contributed by atoms with Crippen molar-refractivity contribution in [2.24, 2.45) is 7.05 Å². The highest BCUT2D eigenvalue weighted by Crippen LogP contribution is 2.31. The van der Waals surface area contributed by atoms with E-state index in [9.17, 15) is 18.0 Å². The Balaban J connectivity index is 1.33. The number of amides is 1. The summed E-state index contributed by atoms with van der Waals surface area (Å²) in [6.07, 6.45) is 2.30. The van der Waals surface area contributed by atoms with E-state index >= 15 is 0 Å². The molecule has 11 heteroatoms. The number of alkyl halides is 2. The number of carbonyl (C=O) groups is 1. The third-order valence-corrected chi connectivity index (χ3v) is 6.55. The number of carbonyl (C=O) groups excluding carboxylic acids is 1. The van der Waals surface area contributed by atoms with Gasteiger partial charge in [0.15, 0.2) is 0 Å². The van der Waals surface area contributed by atoms with Crippen LogP contribution < -0.4 is 10.2 Å². The topological polar surface area (TPSA) is 66.3 Å². The molecule has 1 amide bonds. The smallest absolute Gasteiger partial charge is 0.282 e. The molecule has 0 atom stereocenters. The van der Waals surface area contributed by atoms with Crippen LogP contribution in [0.1, 0.15) is 21.7 Å². The molecule has 1 fully saturated rings. The third-order valence-electron chi connectivity index (χ3n) is 5.91. The van der Waals surface area contributed by atoms with Crippen molar-refractivity contribution in [1.29, 1.82) is 0 Å². The van der Waals surface area contributed by atoms with Gasteiger partial charge < -0.3 is 19.7 Å². The van der Waals surface area contributed by atoms with E-state index in [2.05, 4.69) is 31.2 Å². The van der Waals surface area contributed by atoms with Crippen molar-refractivity contribution in [3.05, 3.63) is 63.8 Å². The van der Waals surface area contributed by atoms with E-state index in [1.165, 1.54) is 11.0 Å². The second-order valence-electron chi connectivity index (χ2n) is 8.25. The van der Waals surface area contributed by atoms with Crippen molar-refractivity contribution in [3.8, 4) is 0 Å². The Hall–Kier alpha value is -3.08. The standard InChI is InChI=1S/C22H20BrF3N6O/c1-30-17(20(33)32-11-22(25,26)12-32)8-13-5-7-31(10-18(13)30)21-27-6-4-19(29-21)28-14-2-3-15(23)16(24)9-14/h2-4,6,8-9H,5,7,10-12H2,1H3,(H,27,28,29). The summed E-state index contributed by atoms with van der Waals surface area (Å²) in [6, 6.07) is 8.21. The Labute approximate surface area is 196 Å². The molecule has 33 heavy (non-hydrogen) atoms. The molecule has 2 aliphatic heterocycles.